The van der Waals surface area contributed by atoms with E-state index in [1.807, 2.05) is 4.90 Å². The van der Waals surface area contributed by atoms with Crippen molar-refractivity contribution in [1.82, 2.24) is 19.8 Å². The molecule has 1 aromatic heterocycles. The standard InChI is InChI=1S/C17H24N4O3/c22-16-8-18-15(7-19-16)17(23)21-10-12-1-2-14(21)11-20(9-12)13-3-5-24-6-4-13/h7-8,12-14H,1-6,9-11H2,(H,19,22)/t12-,14+/m0/s1. The Morgan fingerprint density at radius 3 is 2.71 bits per heavy atom. The lowest BCUT2D eigenvalue weighted by Gasteiger charge is -2.36. The predicted molar refractivity (Wildman–Crippen MR) is 87.8 cm³/mol. The van der Waals surface area contributed by atoms with Gasteiger partial charge in [0, 0.05) is 51.1 Å². The Morgan fingerprint density at radius 1 is 1.12 bits per heavy atom. The van der Waals surface area contributed by atoms with Gasteiger partial charge in [-0.05, 0) is 31.6 Å². The van der Waals surface area contributed by atoms with Gasteiger partial charge in [-0.15, -0.1) is 0 Å². The zero-order valence-corrected chi connectivity index (χ0v) is 13.8. The van der Waals surface area contributed by atoms with E-state index in [0.717, 1.165) is 52.1 Å². The summed E-state index contributed by atoms with van der Waals surface area (Å²) in [6.45, 7) is 4.51. The molecule has 0 radical (unpaired) electrons. The second-order valence-corrected chi connectivity index (χ2v) is 7.15. The highest BCUT2D eigenvalue weighted by atomic mass is 16.5. The summed E-state index contributed by atoms with van der Waals surface area (Å²) in [5.74, 6) is 0.466. The van der Waals surface area contributed by atoms with Crippen LogP contribution in [0.2, 0.25) is 0 Å². The number of aromatic nitrogens is 2. The molecule has 130 valence electrons. The first-order valence-electron chi connectivity index (χ1n) is 8.88. The average Bonchev–Trinajstić information content (AvgIpc) is 2.94. The maximum Gasteiger partial charge on any atom is 0.274 e. The van der Waals surface area contributed by atoms with Crippen LogP contribution < -0.4 is 5.56 Å². The molecule has 24 heavy (non-hydrogen) atoms. The third kappa shape index (κ3) is 3.10. The number of piperidine rings is 1. The zero-order valence-electron chi connectivity index (χ0n) is 13.8. The van der Waals surface area contributed by atoms with Crippen molar-refractivity contribution in [2.24, 2.45) is 5.92 Å². The summed E-state index contributed by atoms with van der Waals surface area (Å²) < 4.78 is 5.49. The van der Waals surface area contributed by atoms with Gasteiger partial charge in [-0.1, -0.05) is 0 Å². The molecule has 4 aliphatic heterocycles. The highest BCUT2D eigenvalue weighted by molar-refractivity contribution is 5.92. The minimum atomic E-state index is -0.283. The highest BCUT2D eigenvalue weighted by Crippen LogP contribution is 2.31. The molecule has 5 rings (SSSR count). The van der Waals surface area contributed by atoms with Gasteiger partial charge in [0.15, 0.2) is 0 Å². The van der Waals surface area contributed by atoms with Crippen LogP contribution in [0.5, 0.6) is 0 Å². The minimum absolute atomic E-state index is 0.0604. The summed E-state index contributed by atoms with van der Waals surface area (Å²) in [5.41, 5.74) is 0.0504. The number of carbonyl (C=O) groups excluding carboxylic acids is 1. The van der Waals surface area contributed by atoms with E-state index in [2.05, 4.69) is 14.9 Å². The Kier molecular flexibility index (Phi) is 4.37. The van der Waals surface area contributed by atoms with Crippen LogP contribution in [0.1, 0.15) is 36.2 Å². The second kappa shape index (κ2) is 6.64. The van der Waals surface area contributed by atoms with Gasteiger partial charge in [0.05, 0.1) is 6.20 Å². The molecule has 2 bridgehead atoms. The Labute approximate surface area is 141 Å². The quantitative estimate of drug-likeness (QED) is 0.852. The van der Waals surface area contributed by atoms with Crippen molar-refractivity contribution < 1.29 is 9.53 Å². The first kappa shape index (κ1) is 15.8. The average molecular weight is 332 g/mol. The predicted octanol–water partition coefficient (Wildman–Crippen LogP) is 0.485. The van der Waals surface area contributed by atoms with E-state index in [4.69, 9.17) is 4.74 Å². The number of rotatable bonds is 2. The molecule has 0 spiro atoms. The van der Waals surface area contributed by atoms with Crippen molar-refractivity contribution in [3.8, 4) is 0 Å². The third-order valence-electron chi connectivity index (χ3n) is 5.60. The number of nitrogens with one attached hydrogen (secondary N) is 1. The summed E-state index contributed by atoms with van der Waals surface area (Å²) in [4.78, 5) is 35.1. The van der Waals surface area contributed by atoms with E-state index in [-0.39, 0.29) is 17.5 Å². The maximum absolute atomic E-state index is 12.8. The van der Waals surface area contributed by atoms with E-state index in [1.165, 1.54) is 18.8 Å². The van der Waals surface area contributed by atoms with Crippen molar-refractivity contribution >= 4 is 5.91 Å². The van der Waals surface area contributed by atoms with Crippen molar-refractivity contribution in [1.29, 1.82) is 0 Å². The molecule has 7 nitrogen and oxygen atoms in total. The van der Waals surface area contributed by atoms with Crippen molar-refractivity contribution in [3.05, 3.63) is 28.4 Å². The fraction of sp³-hybridized carbons (Fsp3) is 0.706. The topological polar surface area (TPSA) is 78.5 Å². The summed E-state index contributed by atoms with van der Waals surface area (Å²) in [6.07, 6.45) is 7.04. The van der Waals surface area contributed by atoms with Crippen LogP contribution in [0.25, 0.3) is 0 Å². The number of hydrogen-bond acceptors (Lipinski definition) is 5. The molecule has 0 aliphatic carbocycles. The fourth-order valence-corrected chi connectivity index (χ4v) is 4.32. The lowest BCUT2D eigenvalue weighted by molar-refractivity contribution is 0.0304. The number of nitrogens with zero attached hydrogens (tertiary/aromatic N) is 3. The van der Waals surface area contributed by atoms with Crippen molar-refractivity contribution in [2.45, 2.75) is 37.8 Å². The molecule has 0 unspecified atom stereocenters. The van der Waals surface area contributed by atoms with E-state index >= 15 is 0 Å². The highest BCUT2D eigenvalue weighted by Gasteiger charge is 2.39. The lowest BCUT2D eigenvalue weighted by atomic mass is 9.94. The molecule has 2 atom stereocenters. The van der Waals surface area contributed by atoms with Gasteiger partial charge in [0.25, 0.3) is 11.5 Å². The van der Waals surface area contributed by atoms with E-state index < -0.39 is 0 Å². The van der Waals surface area contributed by atoms with Crippen molar-refractivity contribution in [3.63, 3.8) is 0 Å². The molecule has 0 aromatic carbocycles. The molecule has 4 fully saturated rings. The molecule has 4 aliphatic rings. The van der Waals surface area contributed by atoms with Crippen LogP contribution in [0.3, 0.4) is 0 Å². The summed E-state index contributed by atoms with van der Waals surface area (Å²) in [6, 6.07) is 0.830. The first-order valence-corrected chi connectivity index (χ1v) is 8.88. The zero-order chi connectivity index (χ0) is 16.5. The van der Waals surface area contributed by atoms with Crippen LogP contribution in [0.15, 0.2) is 17.2 Å². The molecule has 0 saturated carbocycles. The molecule has 5 heterocycles. The Balaban J connectivity index is 1.51. The van der Waals surface area contributed by atoms with Crippen LogP contribution in [0, 0.1) is 5.92 Å². The second-order valence-electron chi connectivity index (χ2n) is 7.15. The van der Waals surface area contributed by atoms with Gasteiger partial charge < -0.3 is 14.6 Å². The SMILES string of the molecule is O=C(c1c[nH]c(=O)cn1)N1C[C@H]2CC[C@@H]1CN(C1CCOCC1)C2. The summed E-state index contributed by atoms with van der Waals surface area (Å²) in [7, 11) is 0. The van der Waals surface area contributed by atoms with Crippen LogP contribution in [-0.2, 0) is 4.74 Å². The number of H-pyrrole nitrogens is 1. The van der Waals surface area contributed by atoms with Crippen LogP contribution >= 0.6 is 0 Å². The van der Waals surface area contributed by atoms with E-state index in [9.17, 15) is 9.59 Å². The normalized spacial score (nSPS) is 28.8. The van der Waals surface area contributed by atoms with E-state index in [1.54, 1.807) is 0 Å². The third-order valence-corrected chi connectivity index (χ3v) is 5.60. The number of ether oxygens (including phenoxy) is 1. The summed E-state index contributed by atoms with van der Waals surface area (Å²) in [5, 5.41) is 0. The van der Waals surface area contributed by atoms with Crippen LogP contribution in [-0.4, -0.2) is 70.6 Å². The van der Waals surface area contributed by atoms with Gasteiger partial charge in [0.1, 0.15) is 5.69 Å². The molecule has 7 heteroatoms. The number of hydrogen-bond donors (Lipinski definition) is 1. The van der Waals surface area contributed by atoms with Gasteiger partial charge >= 0.3 is 0 Å². The number of amides is 1. The number of aromatic amines is 1. The molecular formula is C17H24N4O3. The van der Waals surface area contributed by atoms with Gasteiger partial charge in [-0.2, -0.15) is 0 Å². The number of carbonyl (C=O) groups is 1. The van der Waals surface area contributed by atoms with Crippen molar-refractivity contribution in [2.75, 3.05) is 32.8 Å². The smallest absolute Gasteiger partial charge is 0.274 e. The Morgan fingerprint density at radius 2 is 1.96 bits per heavy atom. The molecule has 1 amide bonds. The van der Waals surface area contributed by atoms with Gasteiger partial charge in [-0.25, -0.2) is 4.98 Å². The first-order chi connectivity index (χ1) is 11.7. The largest absolute Gasteiger partial charge is 0.381 e. The minimum Gasteiger partial charge on any atom is -0.381 e. The fourth-order valence-electron chi connectivity index (χ4n) is 4.32. The Bertz CT molecular complexity index is 635. The number of fused-ring (bicyclic) bond motifs is 4. The molecular weight excluding hydrogens is 308 g/mol. The molecule has 1 aromatic rings. The Hall–Kier alpha value is -1.73. The molecule has 4 saturated heterocycles. The molecule has 1 N–H and O–H groups in total. The van der Waals surface area contributed by atoms with Gasteiger partial charge in [-0.3, -0.25) is 14.5 Å². The maximum atomic E-state index is 12.8. The van der Waals surface area contributed by atoms with Gasteiger partial charge in [0.2, 0.25) is 0 Å². The lowest BCUT2D eigenvalue weighted by Crippen LogP contribution is -2.48. The van der Waals surface area contributed by atoms with E-state index in [0.29, 0.717) is 17.7 Å². The summed E-state index contributed by atoms with van der Waals surface area (Å²) >= 11 is 0. The van der Waals surface area contributed by atoms with Crippen LogP contribution in [0.4, 0.5) is 0 Å². The monoisotopic (exact) mass is 332 g/mol.